The zero-order valence-electron chi connectivity index (χ0n) is 23.7. The third-order valence-electron chi connectivity index (χ3n) is 8.25. The highest BCUT2D eigenvalue weighted by Crippen LogP contribution is 2.42. The molecule has 1 saturated heterocycles. The van der Waals surface area contributed by atoms with Crippen LogP contribution in [0.1, 0.15) is 31.9 Å². The number of anilines is 2. The molecule has 2 bridgehead atoms. The number of nitrogens with zero attached hydrogens (tertiary/aromatic N) is 6. The molecule has 7 rings (SSSR count). The molecule has 220 valence electrons. The van der Waals surface area contributed by atoms with E-state index in [1.54, 1.807) is 23.2 Å². The van der Waals surface area contributed by atoms with Gasteiger partial charge < -0.3 is 19.9 Å². The Morgan fingerprint density at radius 1 is 1.16 bits per heavy atom. The first-order chi connectivity index (χ1) is 20.8. The molecule has 43 heavy (non-hydrogen) atoms. The van der Waals surface area contributed by atoms with Crippen LogP contribution in [0.3, 0.4) is 0 Å². The molecular weight excluding hydrogens is 556 g/mol. The molecule has 5 heterocycles. The van der Waals surface area contributed by atoms with Crippen molar-refractivity contribution < 1.29 is 18.3 Å². The molecular formula is C31H29F2N7O3. The van der Waals surface area contributed by atoms with E-state index in [1.807, 2.05) is 18.7 Å². The summed E-state index contributed by atoms with van der Waals surface area (Å²) in [5.41, 5.74) is 0.437. The molecule has 3 aromatic heterocycles. The minimum atomic E-state index is -0.759. The molecule has 2 aliphatic heterocycles. The number of carbonyl (C=O) groups excluding carboxylic acids is 1. The van der Waals surface area contributed by atoms with Gasteiger partial charge in [0.1, 0.15) is 35.4 Å². The molecule has 1 N–H and O–H groups in total. The van der Waals surface area contributed by atoms with Gasteiger partial charge in [-0.3, -0.25) is 9.78 Å². The van der Waals surface area contributed by atoms with Gasteiger partial charge in [0.05, 0.1) is 28.7 Å². The fourth-order valence-electron chi connectivity index (χ4n) is 6.22. The number of amides is 1. The number of pyridine rings is 2. The minimum absolute atomic E-state index is 0.0471. The third-order valence-corrected chi connectivity index (χ3v) is 8.25. The summed E-state index contributed by atoms with van der Waals surface area (Å²) in [5, 5.41) is 3.42. The zero-order chi connectivity index (χ0) is 30.0. The Balaban J connectivity index is 1.53. The van der Waals surface area contributed by atoms with Gasteiger partial charge >= 0.3 is 5.69 Å². The van der Waals surface area contributed by atoms with Crippen LogP contribution in [0.2, 0.25) is 0 Å². The number of nitrogens with one attached hydrogen (secondary N) is 1. The normalized spacial score (nSPS) is 19.0. The summed E-state index contributed by atoms with van der Waals surface area (Å²) in [4.78, 5) is 43.9. The van der Waals surface area contributed by atoms with Crippen LogP contribution in [0.15, 0.2) is 54.0 Å². The first-order valence-electron chi connectivity index (χ1n) is 14.3. The van der Waals surface area contributed by atoms with E-state index in [0.717, 1.165) is 0 Å². The van der Waals surface area contributed by atoms with Gasteiger partial charge in [0, 0.05) is 37.6 Å². The van der Waals surface area contributed by atoms with Crippen molar-refractivity contribution in [3.8, 4) is 22.7 Å². The second-order valence-electron chi connectivity index (χ2n) is 11.2. The number of carbonyl (C=O) groups is 1. The number of aromatic nitrogens is 4. The molecule has 1 amide bonds. The summed E-state index contributed by atoms with van der Waals surface area (Å²) in [7, 11) is 0. The fourth-order valence-corrected chi connectivity index (χ4v) is 6.22. The number of hydrogen-bond acceptors (Lipinski definition) is 8. The quantitative estimate of drug-likeness (QED) is 0.360. The maximum absolute atomic E-state index is 16.1. The Hall–Kier alpha value is -4.87. The summed E-state index contributed by atoms with van der Waals surface area (Å²) in [5.74, 6) is -1.03. The van der Waals surface area contributed by atoms with Gasteiger partial charge in [0.15, 0.2) is 11.5 Å². The Morgan fingerprint density at radius 3 is 2.79 bits per heavy atom. The van der Waals surface area contributed by atoms with Crippen molar-refractivity contribution in [3.63, 3.8) is 0 Å². The van der Waals surface area contributed by atoms with Crippen molar-refractivity contribution in [1.29, 1.82) is 0 Å². The van der Waals surface area contributed by atoms with Crippen LogP contribution in [-0.4, -0.2) is 68.7 Å². The lowest BCUT2D eigenvalue weighted by atomic mass is 10.1. The van der Waals surface area contributed by atoms with Gasteiger partial charge in [0.2, 0.25) is 5.91 Å². The fraction of sp³-hybridized carbons (Fsp3) is 0.323. The number of benzene rings is 1. The smallest absolute Gasteiger partial charge is 0.356 e. The number of rotatable bonds is 3. The van der Waals surface area contributed by atoms with E-state index in [9.17, 15) is 9.59 Å². The molecule has 1 aromatic carbocycles. The molecule has 3 aliphatic rings. The molecule has 1 unspecified atom stereocenters. The van der Waals surface area contributed by atoms with Gasteiger partial charge in [-0.05, 0) is 36.6 Å². The molecule has 12 heteroatoms. The van der Waals surface area contributed by atoms with E-state index in [-0.39, 0.29) is 65.2 Å². The third kappa shape index (κ3) is 4.31. The van der Waals surface area contributed by atoms with Crippen molar-refractivity contribution >= 4 is 28.4 Å². The van der Waals surface area contributed by atoms with E-state index in [4.69, 9.17) is 4.74 Å². The van der Waals surface area contributed by atoms with Crippen LogP contribution >= 0.6 is 0 Å². The predicted molar refractivity (Wildman–Crippen MR) is 158 cm³/mol. The largest absolute Gasteiger partial charge is 0.489 e. The average Bonchev–Trinajstić information content (AvgIpc) is 3.79. The highest BCUT2D eigenvalue weighted by atomic mass is 19.1. The first-order valence-corrected chi connectivity index (χ1v) is 14.3. The minimum Gasteiger partial charge on any atom is -0.489 e. The molecule has 2 fully saturated rings. The van der Waals surface area contributed by atoms with E-state index < -0.39 is 17.3 Å². The molecule has 1 saturated carbocycles. The van der Waals surface area contributed by atoms with Gasteiger partial charge in [-0.1, -0.05) is 26.5 Å². The van der Waals surface area contributed by atoms with E-state index >= 15 is 8.78 Å². The number of halogens is 2. The second-order valence-corrected chi connectivity index (χ2v) is 11.2. The Morgan fingerprint density at radius 2 is 2.00 bits per heavy atom. The van der Waals surface area contributed by atoms with Crippen molar-refractivity contribution in [2.75, 3.05) is 36.5 Å². The summed E-state index contributed by atoms with van der Waals surface area (Å²) in [6.07, 6.45) is 3.59. The first kappa shape index (κ1) is 27.0. The molecule has 1 aliphatic carbocycles. The van der Waals surface area contributed by atoms with E-state index in [0.29, 0.717) is 42.3 Å². The summed E-state index contributed by atoms with van der Waals surface area (Å²) >= 11 is 0. The number of piperazine rings is 1. The van der Waals surface area contributed by atoms with Crippen molar-refractivity contribution in [2.45, 2.75) is 38.3 Å². The van der Waals surface area contributed by atoms with Crippen LogP contribution in [0.5, 0.6) is 5.75 Å². The monoisotopic (exact) mass is 585 g/mol. The van der Waals surface area contributed by atoms with E-state index in [2.05, 4.69) is 26.8 Å². The van der Waals surface area contributed by atoms with Crippen molar-refractivity contribution in [3.05, 3.63) is 77.0 Å². The van der Waals surface area contributed by atoms with Crippen LogP contribution in [0, 0.1) is 11.6 Å². The van der Waals surface area contributed by atoms with Crippen LogP contribution in [-0.2, 0) is 4.79 Å². The lowest BCUT2D eigenvalue weighted by molar-refractivity contribution is -0.126. The second kappa shape index (κ2) is 10.1. The van der Waals surface area contributed by atoms with Crippen LogP contribution < -0.4 is 20.6 Å². The highest BCUT2D eigenvalue weighted by molar-refractivity contribution is 5.93. The average molecular weight is 586 g/mol. The standard InChI is InChI=1S/C31H29F2N7O3/c1-4-24(41)38-11-12-39(22-15-21(22)38)29-17-14-19(33)27-25-18(32)6-5-7-20(25)34-10-13-43-23-8-9-35-26(16(2)3)28(23)40(30(17)36-27)31(42)37-29/h4-9,14,16,21-22,34H,1,10-13,15H2,2-3H3/t21-,22?/m0/s1. The molecule has 0 spiro atoms. The Bertz CT molecular complexity index is 1870. The lowest BCUT2D eigenvalue weighted by Crippen LogP contribution is -2.49. The Labute approximate surface area is 245 Å². The number of ether oxygens (including phenoxy) is 1. The zero-order valence-corrected chi connectivity index (χ0v) is 23.7. The maximum atomic E-state index is 16.1. The molecule has 2 atom stereocenters. The highest BCUT2D eigenvalue weighted by Gasteiger charge is 2.51. The predicted octanol–water partition coefficient (Wildman–Crippen LogP) is 4.02. The van der Waals surface area contributed by atoms with Gasteiger partial charge in [-0.2, -0.15) is 4.98 Å². The van der Waals surface area contributed by atoms with Crippen LogP contribution in [0.4, 0.5) is 20.3 Å². The number of hydrogen-bond donors (Lipinski definition) is 1. The summed E-state index contributed by atoms with van der Waals surface area (Å²) < 4.78 is 38.9. The maximum Gasteiger partial charge on any atom is 0.356 e. The summed E-state index contributed by atoms with van der Waals surface area (Å²) in [6, 6.07) is 7.20. The van der Waals surface area contributed by atoms with Gasteiger partial charge in [-0.25, -0.2) is 23.1 Å². The van der Waals surface area contributed by atoms with Crippen molar-refractivity contribution in [2.24, 2.45) is 0 Å². The van der Waals surface area contributed by atoms with E-state index in [1.165, 1.54) is 28.8 Å². The number of fused-ring (bicyclic) bond motifs is 6. The molecule has 4 aromatic rings. The molecule has 10 nitrogen and oxygen atoms in total. The topological polar surface area (TPSA) is 105 Å². The van der Waals surface area contributed by atoms with Crippen molar-refractivity contribution in [1.82, 2.24) is 24.4 Å². The Kier molecular flexibility index (Phi) is 6.37. The van der Waals surface area contributed by atoms with Crippen LogP contribution in [0.25, 0.3) is 28.0 Å². The summed E-state index contributed by atoms with van der Waals surface area (Å²) in [6.45, 7) is 8.72. The van der Waals surface area contributed by atoms with Gasteiger partial charge in [-0.15, -0.1) is 0 Å². The lowest BCUT2D eigenvalue weighted by Gasteiger charge is -2.35. The van der Waals surface area contributed by atoms with Gasteiger partial charge in [0.25, 0.3) is 0 Å². The SMILES string of the molecule is C=CC(=O)N1CCN(c2nc(=O)n3c4nc(c(F)cc24)-c2c(F)cccc2NCCOc2ccnc(C(C)C)c2-3)C2C[C@@H]21. The molecule has 0 radical (unpaired) electrons.